The molecule has 0 aliphatic carbocycles. The van der Waals surface area contributed by atoms with Crippen LogP contribution in [0.25, 0.3) is 0 Å². The van der Waals surface area contributed by atoms with Crippen LogP contribution >= 0.6 is 0 Å². The second-order valence-corrected chi connectivity index (χ2v) is 5.58. The summed E-state index contributed by atoms with van der Waals surface area (Å²) in [4.78, 5) is 4.53. The molecule has 2 rings (SSSR count). The normalized spacial score (nSPS) is 13.6. The number of benzene rings is 1. The molecule has 0 N–H and O–H groups in total. The number of hydrogen-bond donors (Lipinski definition) is 0. The summed E-state index contributed by atoms with van der Waals surface area (Å²) >= 11 is 0. The van der Waals surface area contributed by atoms with Gasteiger partial charge in [-0.25, -0.2) is 0 Å². The molecule has 0 spiro atoms. The van der Waals surface area contributed by atoms with Gasteiger partial charge in [-0.2, -0.15) is 0 Å². The van der Waals surface area contributed by atoms with Crippen molar-refractivity contribution in [1.29, 1.82) is 0 Å². The Labute approximate surface area is 128 Å². The van der Waals surface area contributed by atoms with Gasteiger partial charge in [0.2, 0.25) is 0 Å². The van der Waals surface area contributed by atoms with E-state index in [4.69, 9.17) is 9.47 Å². The zero-order valence-corrected chi connectivity index (χ0v) is 13.6. The third-order valence-electron chi connectivity index (χ3n) is 3.80. The summed E-state index contributed by atoms with van der Waals surface area (Å²) in [5, 5.41) is 0. The highest BCUT2D eigenvalue weighted by atomic mass is 16.5. The van der Waals surface area contributed by atoms with Crippen molar-refractivity contribution in [1.82, 2.24) is 0 Å². The van der Waals surface area contributed by atoms with Crippen LogP contribution in [0.15, 0.2) is 17.1 Å². The Balaban J connectivity index is 2.21. The SMILES string of the molecule is CCCCOc1cc2c(cc1OCCCC)C(C)=NCC2. The molecular weight excluding hydrogens is 262 g/mol. The van der Waals surface area contributed by atoms with E-state index in [0.717, 1.165) is 69.1 Å². The Morgan fingerprint density at radius 3 is 2.24 bits per heavy atom. The van der Waals surface area contributed by atoms with E-state index in [-0.39, 0.29) is 0 Å². The molecule has 0 aromatic heterocycles. The lowest BCUT2D eigenvalue weighted by atomic mass is 9.97. The first-order chi connectivity index (χ1) is 10.3. The molecule has 1 aromatic rings. The average molecular weight is 289 g/mol. The fourth-order valence-electron chi connectivity index (χ4n) is 2.45. The van der Waals surface area contributed by atoms with Crippen LogP contribution in [0.3, 0.4) is 0 Å². The van der Waals surface area contributed by atoms with Gasteiger partial charge in [-0.1, -0.05) is 26.7 Å². The minimum Gasteiger partial charge on any atom is -0.490 e. The van der Waals surface area contributed by atoms with Gasteiger partial charge in [-0.05, 0) is 43.9 Å². The lowest BCUT2D eigenvalue weighted by Gasteiger charge is -2.19. The molecule has 0 saturated heterocycles. The molecule has 0 unspecified atom stereocenters. The minimum absolute atomic E-state index is 0.746. The minimum atomic E-state index is 0.746. The number of aliphatic imine (C=N–C) groups is 1. The number of rotatable bonds is 8. The maximum atomic E-state index is 5.94. The first-order valence-corrected chi connectivity index (χ1v) is 8.20. The largest absolute Gasteiger partial charge is 0.490 e. The maximum absolute atomic E-state index is 5.94. The lowest BCUT2D eigenvalue weighted by molar-refractivity contribution is 0.261. The summed E-state index contributed by atoms with van der Waals surface area (Å²) in [5.41, 5.74) is 3.66. The number of nitrogens with zero attached hydrogens (tertiary/aromatic N) is 1. The van der Waals surface area contributed by atoms with E-state index < -0.39 is 0 Å². The molecule has 3 heteroatoms. The van der Waals surface area contributed by atoms with Crippen LogP contribution in [0.1, 0.15) is 57.6 Å². The van der Waals surface area contributed by atoms with E-state index in [1.807, 2.05) is 0 Å². The summed E-state index contributed by atoms with van der Waals surface area (Å²) in [6.07, 6.45) is 5.41. The standard InChI is InChI=1S/C18H27NO2/c1-4-6-10-20-17-12-15-8-9-19-14(3)16(15)13-18(17)21-11-7-5-2/h12-13H,4-11H2,1-3H3. The fourth-order valence-corrected chi connectivity index (χ4v) is 2.45. The lowest BCUT2D eigenvalue weighted by Crippen LogP contribution is -2.12. The summed E-state index contributed by atoms with van der Waals surface area (Å²) in [6.45, 7) is 8.80. The molecule has 0 saturated carbocycles. The van der Waals surface area contributed by atoms with Gasteiger partial charge in [-0.3, -0.25) is 4.99 Å². The van der Waals surface area contributed by atoms with Crippen LogP contribution in [-0.2, 0) is 6.42 Å². The van der Waals surface area contributed by atoms with Gasteiger partial charge >= 0.3 is 0 Å². The zero-order valence-electron chi connectivity index (χ0n) is 13.6. The summed E-state index contributed by atoms with van der Waals surface area (Å²) in [7, 11) is 0. The Hall–Kier alpha value is -1.51. The molecule has 3 nitrogen and oxygen atoms in total. The molecular formula is C18H27NO2. The number of fused-ring (bicyclic) bond motifs is 1. The molecule has 1 heterocycles. The highest BCUT2D eigenvalue weighted by Crippen LogP contribution is 2.33. The Bertz CT molecular complexity index is 494. The van der Waals surface area contributed by atoms with Crippen LogP contribution in [0.2, 0.25) is 0 Å². The van der Waals surface area contributed by atoms with Gasteiger partial charge in [0, 0.05) is 17.8 Å². The number of hydrogen-bond acceptors (Lipinski definition) is 3. The van der Waals surface area contributed by atoms with Gasteiger partial charge in [0.25, 0.3) is 0 Å². The average Bonchev–Trinajstić information content (AvgIpc) is 2.49. The van der Waals surface area contributed by atoms with Crippen LogP contribution < -0.4 is 9.47 Å². The first kappa shape index (κ1) is 15.9. The summed E-state index contributed by atoms with van der Waals surface area (Å²) in [5.74, 6) is 1.77. The van der Waals surface area contributed by atoms with E-state index in [0.29, 0.717) is 0 Å². The van der Waals surface area contributed by atoms with Gasteiger partial charge < -0.3 is 9.47 Å². The van der Waals surface area contributed by atoms with Gasteiger partial charge in [-0.15, -0.1) is 0 Å². The molecule has 0 radical (unpaired) electrons. The van der Waals surface area contributed by atoms with E-state index in [1.165, 1.54) is 11.1 Å². The van der Waals surface area contributed by atoms with Gasteiger partial charge in [0.15, 0.2) is 11.5 Å². The molecule has 1 aliphatic heterocycles. The van der Waals surface area contributed by atoms with Crippen molar-refractivity contribution in [3.05, 3.63) is 23.3 Å². The smallest absolute Gasteiger partial charge is 0.161 e. The molecule has 21 heavy (non-hydrogen) atoms. The molecule has 1 aliphatic rings. The highest BCUT2D eigenvalue weighted by Gasteiger charge is 2.16. The Morgan fingerprint density at radius 1 is 1.00 bits per heavy atom. The van der Waals surface area contributed by atoms with Crippen molar-refractivity contribution in [3.8, 4) is 11.5 Å². The Morgan fingerprint density at radius 2 is 1.62 bits per heavy atom. The predicted molar refractivity (Wildman–Crippen MR) is 88.0 cm³/mol. The third-order valence-corrected chi connectivity index (χ3v) is 3.80. The molecule has 0 atom stereocenters. The monoisotopic (exact) mass is 289 g/mol. The quantitative estimate of drug-likeness (QED) is 0.664. The topological polar surface area (TPSA) is 30.8 Å². The molecule has 0 bridgehead atoms. The second-order valence-electron chi connectivity index (χ2n) is 5.58. The van der Waals surface area contributed by atoms with Crippen LogP contribution in [0.5, 0.6) is 11.5 Å². The van der Waals surface area contributed by atoms with Crippen molar-refractivity contribution in [2.24, 2.45) is 4.99 Å². The zero-order chi connectivity index (χ0) is 15.1. The summed E-state index contributed by atoms with van der Waals surface area (Å²) in [6, 6.07) is 4.27. The van der Waals surface area contributed by atoms with E-state index in [1.54, 1.807) is 0 Å². The predicted octanol–water partition coefficient (Wildman–Crippen LogP) is 4.41. The van der Waals surface area contributed by atoms with Crippen molar-refractivity contribution in [3.63, 3.8) is 0 Å². The second kappa shape index (κ2) is 8.06. The van der Waals surface area contributed by atoms with Gasteiger partial charge in [0.05, 0.1) is 13.2 Å². The summed E-state index contributed by atoms with van der Waals surface area (Å²) < 4.78 is 11.9. The van der Waals surface area contributed by atoms with Crippen molar-refractivity contribution >= 4 is 5.71 Å². The molecule has 1 aromatic carbocycles. The maximum Gasteiger partial charge on any atom is 0.161 e. The van der Waals surface area contributed by atoms with Crippen LogP contribution in [0, 0.1) is 0 Å². The number of ether oxygens (including phenoxy) is 2. The number of unbranched alkanes of at least 4 members (excludes halogenated alkanes) is 2. The fraction of sp³-hybridized carbons (Fsp3) is 0.611. The van der Waals surface area contributed by atoms with E-state index >= 15 is 0 Å². The van der Waals surface area contributed by atoms with Crippen molar-refractivity contribution in [2.75, 3.05) is 19.8 Å². The van der Waals surface area contributed by atoms with Crippen molar-refractivity contribution in [2.45, 2.75) is 52.9 Å². The third kappa shape index (κ3) is 4.23. The van der Waals surface area contributed by atoms with E-state index in [2.05, 4.69) is 37.9 Å². The molecule has 116 valence electrons. The van der Waals surface area contributed by atoms with Crippen LogP contribution in [0.4, 0.5) is 0 Å². The van der Waals surface area contributed by atoms with E-state index in [9.17, 15) is 0 Å². The Kier molecular flexibility index (Phi) is 6.09. The first-order valence-electron chi connectivity index (χ1n) is 8.20. The van der Waals surface area contributed by atoms with Crippen molar-refractivity contribution < 1.29 is 9.47 Å². The highest BCUT2D eigenvalue weighted by molar-refractivity contribution is 6.01. The van der Waals surface area contributed by atoms with Gasteiger partial charge in [0.1, 0.15) is 0 Å². The van der Waals surface area contributed by atoms with Crippen LogP contribution in [-0.4, -0.2) is 25.5 Å². The molecule has 0 fully saturated rings. The molecule has 0 amide bonds.